The molecule has 6 heteroatoms. The minimum absolute atomic E-state index is 0.0247. The molecule has 1 aromatic carbocycles. The smallest absolute Gasteiger partial charge is 0.265 e. The van der Waals surface area contributed by atoms with Crippen LogP contribution in [0, 0.1) is 18.8 Å². The van der Waals surface area contributed by atoms with Gasteiger partial charge >= 0.3 is 0 Å². The van der Waals surface area contributed by atoms with E-state index in [0.29, 0.717) is 34.9 Å². The van der Waals surface area contributed by atoms with E-state index in [4.69, 9.17) is 15.0 Å². The van der Waals surface area contributed by atoms with Gasteiger partial charge in [-0.3, -0.25) is 9.36 Å². The molecule has 0 atom stereocenters. The van der Waals surface area contributed by atoms with Crippen molar-refractivity contribution < 1.29 is 0 Å². The molecule has 0 unspecified atom stereocenters. The van der Waals surface area contributed by atoms with Gasteiger partial charge in [-0.15, -0.1) is 0 Å². The molecule has 0 amide bonds. The fourth-order valence-corrected chi connectivity index (χ4v) is 3.61. The Morgan fingerprint density at radius 3 is 2.07 bits per heavy atom. The van der Waals surface area contributed by atoms with Crippen molar-refractivity contribution in [3.05, 3.63) is 40.4 Å². The molecule has 0 bridgehead atoms. The molecular weight excluding hydrogens is 338 g/mol. The largest absolute Gasteiger partial charge is 0.308 e. The highest BCUT2D eigenvalue weighted by Crippen LogP contribution is 2.26. The number of hydrogen-bond donors (Lipinski definition) is 0. The van der Waals surface area contributed by atoms with Gasteiger partial charge in [0, 0.05) is 13.1 Å². The number of benzene rings is 1. The predicted molar refractivity (Wildman–Crippen MR) is 109 cm³/mol. The van der Waals surface area contributed by atoms with E-state index >= 15 is 0 Å². The van der Waals surface area contributed by atoms with E-state index in [1.165, 1.54) is 0 Å². The topological polar surface area (TPSA) is 65.6 Å². The molecule has 0 aliphatic heterocycles. The molecule has 0 radical (unpaired) electrons. The van der Waals surface area contributed by atoms with Gasteiger partial charge in [-0.05, 0) is 30.9 Å². The summed E-state index contributed by atoms with van der Waals surface area (Å²) in [6.45, 7) is 11.8. The number of hydrogen-bond acceptors (Lipinski definition) is 4. The third-order valence-corrected chi connectivity index (χ3v) is 4.74. The molecular formula is C21H25N5O. The lowest BCUT2D eigenvalue weighted by Gasteiger charge is -2.13. The standard InChI is InChI=1S/C21H25N5O/c1-12(2)10-25-14(5)22-19-17(21(25)27)18-20(26(19)11-13(3)4)24-16-9-7-6-8-15(16)23-18/h6-9,12-13H,10-11H2,1-5H3. The highest BCUT2D eigenvalue weighted by Gasteiger charge is 2.21. The zero-order valence-corrected chi connectivity index (χ0v) is 16.5. The van der Waals surface area contributed by atoms with E-state index in [2.05, 4.69) is 32.3 Å². The lowest BCUT2D eigenvalue weighted by Crippen LogP contribution is -2.26. The Labute approximate surface area is 157 Å². The molecule has 3 aromatic heterocycles. The summed E-state index contributed by atoms with van der Waals surface area (Å²) in [6.07, 6.45) is 0. The van der Waals surface area contributed by atoms with Crippen LogP contribution in [0.1, 0.15) is 33.5 Å². The number of nitrogens with zero attached hydrogens (tertiary/aromatic N) is 5. The first-order chi connectivity index (χ1) is 12.9. The minimum atomic E-state index is -0.0247. The molecule has 3 heterocycles. The lowest BCUT2D eigenvalue weighted by molar-refractivity contribution is 0.496. The Balaban J connectivity index is 2.18. The fourth-order valence-electron chi connectivity index (χ4n) is 3.61. The number of aromatic nitrogens is 5. The highest BCUT2D eigenvalue weighted by atomic mass is 16.1. The Bertz CT molecular complexity index is 1220. The van der Waals surface area contributed by atoms with Crippen molar-refractivity contribution in [3.8, 4) is 0 Å². The van der Waals surface area contributed by atoms with Crippen molar-refractivity contribution in [1.29, 1.82) is 0 Å². The SMILES string of the molecule is Cc1nc2c(c(=O)n1CC(C)C)c1nc3ccccc3nc1n2CC(C)C. The van der Waals surface area contributed by atoms with Crippen molar-refractivity contribution in [1.82, 2.24) is 24.1 Å². The summed E-state index contributed by atoms with van der Waals surface area (Å²) in [7, 11) is 0. The molecule has 6 nitrogen and oxygen atoms in total. The average Bonchev–Trinajstić information content (AvgIpc) is 2.89. The molecule has 0 aliphatic rings. The molecule has 0 spiro atoms. The van der Waals surface area contributed by atoms with Crippen molar-refractivity contribution in [2.45, 2.75) is 47.7 Å². The van der Waals surface area contributed by atoms with Crippen LogP contribution in [0.15, 0.2) is 29.1 Å². The van der Waals surface area contributed by atoms with Gasteiger partial charge in [-0.25, -0.2) is 15.0 Å². The van der Waals surface area contributed by atoms with Crippen LogP contribution >= 0.6 is 0 Å². The van der Waals surface area contributed by atoms with Gasteiger partial charge in [0.2, 0.25) is 0 Å². The van der Waals surface area contributed by atoms with Crippen LogP contribution in [-0.4, -0.2) is 24.1 Å². The maximum Gasteiger partial charge on any atom is 0.265 e. The first-order valence-corrected chi connectivity index (χ1v) is 9.53. The molecule has 0 saturated carbocycles. The second-order valence-corrected chi connectivity index (χ2v) is 8.06. The monoisotopic (exact) mass is 363 g/mol. The van der Waals surface area contributed by atoms with E-state index in [0.717, 1.165) is 29.0 Å². The quantitative estimate of drug-likeness (QED) is 0.551. The third kappa shape index (κ3) is 2.89. The predicted octanol–water partition coefficient (Wildman–Crippen LogP) is 3.91. The third-order valence-electron chi connectivity index (χ3n) is 4.74. The van der Waals surface area contributed by atoms with Crippen LogP contribution in [0.5, 0.6) is 0 Å². The first kappa shape index (κ1) is 17.6. The number of fused-ring (bicyclic) bond motifs is 4. The van der Waals surface area contributed by atoms with Crippen LogP contribution in [-0.2, 0) is 13.1 Å². The highest BCUT2D eigenvalue weighted by molar-refractivity contribution is 6.04. The van der Waals surface area contributed by atoms with Crippen molar-refractivity contribution in [2.24, 2.45) is 11.8 Å². The Hall–Kier alpha value is -2.76. The zero-order chi connectivity index (χ0) is 19.3. The van der Waals surface area contributed by atoms with E-state index in [1.54, 1.807) is 4.57 Å². The van der Waals surface area contributed by atoms with Crippen LogP contribution in [0.25, 0.3) is 33.2 Å². The van der Waals surface area contributed by atoms with Gasteiger partial charge in [-0.1, -0.05) is 39.8 Å². The minimum Gasteiger partial charge on any atom is -0.308 e. The summed E-state index contributed by atoms with van der Waals surface area (Å²) in [6, 6.07) is 7.78. The molecule has 27 heavy (non-hydrogen) atoms. The molecule has 140 valence electrons. The number of rotatable bonds is 4. The molecule has 4 aromatic rings. The molecule has 0 N–H and O–H groups in total. The molecule has 0 fully saturated rings. The second kappa shape index (κ2) is 6.44. The molecule has 0 saturated heterocycles. The summed E-state index contributed by atoms with van der Waals surface area (Å²) < 4.78 is 3.83. The Kier molecular flexibility index (Phi) is 4.21. The van der Waals surface area contributed by atoms with Crippen LogP contribution < -0.4 is 5.56 Å². The van der Waals surface area contributed by atoms with Crippen LogP contribution in [0.4, 0.5) is 0 Å². The number of para-hydroxylation sites is 2. The van der Waals surface area contributed by atoms with Crippen molar-refractivity contribution >= 4 is 33.2 Å². The van der Waals surface area contributed by atoms with E-state index in [1.807, 2.05) is 31.2 Å². The summed E-state index contributed by atoms with van der Waals surface area (Å²) in [5.41, 5.74) is 3.68. The maximum absolute atomic E-state index is 13.4. The lowest BCUT2D eigenvalue weighted by atomic mass is 10.2. The number of aryl methyl sites for hydroxylation is 1. The fraction of sp³-hybridized carbons (Fsp3) is 0.429. The maximum atomic E-state index is 13.4. The average molecular weight is 363 g/mol. The zero-order valence-electron chi connectivity index (χ0n) is 16.5. The van der Waals surface area contributed by atoms with Gasteiger partial charge in [0.25, 0.3) is 5.56 Å². The Morgan fingerprint density at radius 2 is 1.44 bits per heavy atom. The Morgan fingerprint density at radius 1 is 0.852 bits per heavy atom. The van der Waals surface area contributed by atoms with E-state index in [9.17, 15) is 4.79 Å². The summed E-state index contributed by atoms with van der Waals surface area (Å²) in [5.74, 6) is 1.49. The van der Waals surface area contributed by atoms with Gasteiger partial charge in [0.05, 0.1) is 11.0 Å². The van der Waals surface area contributed by atoms with Gasteiger partial charge in [0.1, 0.15) is 16.7 Å². The molecule has 4 rings (SSSR count). The van der Waals surface area contributed by atoms with Crippen LogP contribution in [0.2, 0.25) is 0 Å². The van der Waals surface area contributed by atoms with Gasteiger partial charge in [0.15, 0.2) is 11.3 Å². The normalized spacial score (nSPS) is 12.3. The van der Waals surface area contributed by atoms with Crippen molar-refractivity contribution in [2.75, 3.05) is 0 Å². The van der Waals surface area contributed by atoms with Gasteiger partial charge < -0.3 is 4.57 Å². The van der Waals surface area contributed by atoms with Crippen molar-refractivity contribution in [3.63, 3.8) is 0 Å². The van der Waals surface area contributed by atoms with E-state index < -0.39 is 0 Å². The molecule has 0 aliphatic carbocycles. The second-order valence-electron chi connectivity index (χ2n) is 8.06. The summed E-state index contributed by atoms with van der Waals surface area (Å²) >= 11 is 0. The summed E-state index contributed by atoms with van der Waals surface area (Å²) in [5, 5.41) is 0.579. The van der Waals surface area contributed by atoms with E-state index in [-0.39, 0.29) is 5.56 Å². The first-order valence-electron chi connectivity index (χ1n) is 9.53. The summed E-state index contributed by atoms with van der Waals surface area (Å²) in [4.78, 5) is 27.8. The van der Waals surface area contributed by atoms with Crippen LogP contribution in [0.3, 0.4) is 0 Å². The van der Waals surface area contributed by atoms with Gasteiger partial charge in [-0.2, -0.15) is 0 Å².